The summed E-state index contributed by atoms with van der Waals surface area (Å²) < 4.78 is 33.8. The summed E-state index contributed by atoms with van der Waals surface area (Å²) in [5, 5.41) is -0.0254. The van der Waals surface area contributed by atoms with Crippen molar-refractivity contribution in [2.45, 2.75) is 36.3 Å². The van der Waals surface area contributed by atoms with Gasteiger partial charge in [0.15, 0.2) is 0 Å². The second-order valence-corrected chi connectivity index (χ2v) is 8.09. The van der Waals surface area contributed by atoms with Gasteiger partial charge in [0, 0.05) is 17.3 Å². The summed E-state index contributed by atoms with van der Waals surface area (Å²) in [5.41, 5.74) is 0. The molecule has 0 bridgehead atoms. The average Bonchev–Trinajstić information content (AvgIpc) is 3.13. The highest BCUT2D eigenvalue weighted by Crippen LogP contribution is 2.39. The number of aromatic nitrogens is 1. The van der Waals surface area contributed by atoms with Crippen LogP contribution in [0.15, 0.2) is 21.6 Å². The Bertz CT molecular complexity index is 621. The van der Waals surface area contributed by atoms with Crippen molar-refractivity contribution in [2.75, 3.05) is 6.61 Å². The van der Waals surface area contributed by atoms with Crippen molar-refractivity contribution in [3.63, 3.8) is 0 Å². The van der Waals surface area contributed by atoms with Gasteiger partial charge in [0.2, 0.25) is 10.0 Å². The SMILES string of the molecule is O=S(=O)(NC1CCOC1C1CC1)c1cc(Br)cnc1Cl. The Kier molecular flexibility index (Phi) is 4.07. The summed E-state index contributed by atoms with van der Waals surface area (Å²) in [6.45, 7) is 0.596. The molecule has 2 fully saturated rings. The number of pyridine rings is 1. The molecule has 1 aliphatic carbocycles. The van der Waals surface area contributed by atoms with E-state index in [-0.39, 0.29) is 22.2 Å². The lowest BCUT2D eigenvalue weighted by molar-refractivity contribution is 0.0848. The molecule has 1 N–H and O–H groups in total. The van der Waals surface area contributed by atoms with E-state index in [0.717, 1.165) is 12.8 Å². The largest absolute Gasteiger partial charge is 0.376 e. The zero-order chi connectivity index (χ0) is 14.3. The van der Waals surface area contributed by atoms with Gasteiger partial charge in [0.1, 0.15) is 10.0 Å². The van der Waals surface area contributed by atoms with Crippen LogP contribution in [0.4, 0.5) is 0 Å². The first-order chi connectivity index (χ1) is 9.47. The van der Waals surface area contributed by atoms with Crippen LogP contribution in [-0.2, 0) is 14.8 Å². The van der Waals surface area contributed by atoms with E-state index in [1.807, 2.05) is 0 Å². The van der Waals surface area contributed by atoms with Gasteiger partial charge in [-0.3, -0.25) is 0 Å². The standard InChI is InChI=1S/C12H14BrClN2O3S/c13-8-5-10(12(14)15-6-8)20(17,18)16-9-3-4-19-11(9)7-1-2-7/h5-7,9,11,16H,1-4H2. The van der Waals surface area contributed by atoms with Crippen molar-refractivity contribution in [1.29, 1.82) is 0 Å². The van der Waals surface area contributed by atoms with Crippen LogP contribution in [-0.4, -0.2) is 32.2 Å². The molecule has 8 heteroatoms. The van der Waals surface area contributed by atoms with Gasteiger partial charge in [-0.15, -0.1) is 0 Å². The first-order valence-electron chi connectivity index (χ1n) is 6.42. The third-order valence-electron chi connectivity index (χ3n) is 3.59. The van der Waals surface area contributed by atoms with E-state index in [9.17, 15) is 8.42 Å². The van der Waals surface area contributed by atoms with E-state index in [2.05, 4.69) is 25.6 Å². The Labute approximate surface area is 131 Å². The Hall–Kier alpha value is -0.210. The second kappa shape index (κ2) is 5.53. The maximum atomic E-state index is 12.4. The second-order valence-electron chi connectivity index (χ2n) is 5.13. The maximum absolute atomic E-state index is 12.4. The fourth-order valence-corrected chi connectivity index (χ4v) is 4.71. The first kappa shape index (κ1) is 14.7. The fourth-order valence-electron chi connectivity index (χ4n) is 2.48. The number of nitrogens with one attached hydrogen (secondary N) is 1. The van der Waals surface area contributed by atoms with Gasteiger partial charge >= 0.3 is 0 Å². The summed E-state index contributed by atoms with van der Waals surface area (Å²) in [4.78, 5) is 3.85. The highest BCUT2D eigenvalue weighted by molar-refractivity contribution is 9.10. The number of ether oxygens (including phenoxy) is 1. The summed E-state index contributed by atoms with van der Waals surface area (Å²) in [5.74, 6) is 0.487. The van der Waals surface area contributed by atoms with Crippen LogP contribution in [0.1, 0.15) is 19.3 Å². The predicted molar refractivity (Wildman–Crippen MR) is 78.1 cm³/mol. The smallest absolute Gasteiger partial charge is 0.244 e. The van der Waals surface area contributed by atoms with Crippen molar-refractivity contribution >= 4 is 37.6 Å². The molecule has 3 rings (SSSR count). The molecule has 2 heterocycles. The Morgan fingerprint density at radius 3 is 2.85 bits per heavy atom. The Balaban J connectivity index is 1.83. The minimum atomic E-state index is -3.69. The van der Waals surface area contributed by atoms with Crippen LogP contribution in [0.25, 0.3) is 0 Å². The van der Waals surface area contributed by atoms with E-state index in [1.165, 1.54) is 12.3 Å². The number of rotatable bonds is 4. The van der Waals surface area contributed by atoms with Gasteiger partial charge in [-0.2, -0.15) is 0 Å². The Morgan fingerprint density at radius 1 is 1.40 bits per heavy atom. The number of halogens is 2. The molecular formula is C12H14BrClN2O3S. The molecule has 1 aliphatic heterocycles. The number of sulfonamides is 1. The molecule has 1 aromatic heterocycles. The zero-order valence-electron chi connectivity index (χ0n) is 10.6. The number of hydrogen-bond acceptors (Lipinski definition) is 4. The molecule has 2 unspecified atom stereocenters. The van der Waals surface area contributed by atoms with Gasteiger partial charge in [-0.05, 0) is 47.2 Å². The van der Waals surface area contributed by atoms with Gasteiger partial charge in [0.25, 0.3) is 0 Å². The predicted octanol–water partition coefficient (Wildman–Crippen LogP) is 2.34. The molecule has 0 spiro atoms. The van der Waals surface area contributed by atoms with E-state index in [4.69, 9.17) is 16.3 Å². The van der Waals surface area contributed by atoms with Crippen molar-refractivity contribution in [2.24, 2.45) is 5.92 Å². The summed E-state index contributed by atoms with van der Waals surface area (Å²) in [6.07, 6.45) is 4.38. The normalized spacial score (nSPS) is 26.9. The average molecular weight is 382 g/mol. The quantitative estimate of drug-likeness (QED) is 0.813. The van der Waals surface area contributed by atoms with Gasteiger partial charge < -0.3 is 4.74 Å². The van der Waals surface area contributed by atoms with E-state index < -0.39 is 10.0 Å². The monoisotopic (exact) mass is 380 g/mol. The van der Waals surface area contributed by atoms with Crippen molar-refractivity contribution < 1.29 is 13.2 Å². The molecule has 1 saturated heterocycles. The van der Waals surface area contributed by atoms with Crippen LogP contribution in [0.5, 0.6) is 0 Å². The first-order valence-corrected chi connectivity index (χ1v) is 9.08. The molecule has 0 aromatic carbocycles. The lowest BCUT2D eigenvalue weighted by atomic mass is 10.1. The summed E-state index contributed by atoms with van der Waals surface area (Å²) in [7, 11) is -3.69. The molecule has 110 valence electrons. The molecule has 1 saturated carbocycles. The van der Waals surface area contributed by atoms with Crippen LogP contribution in [0, 0.1) is 5.92 Å². The highest BCUT2D eigenvalue weighted by Gasteiger charge is 2.42. The van der Waals surface area contributed by atoms with Crippen LogP contribution in [0.2, 0.25) is 5.15 Å². The van der Waals surface area contributed by atoms with E-state index in [0.29, 0.717) is 23.4 Å². The lowest BCUT2D eigenvalue weighted by Crippen LogP contribution is -2.41. The van der Waals surface area contributed by atoms with Gasteiger partial charge in [-0.1, -0.05) is 11.6 Å². The minimum absolute atomic E-state index is 0.00464. The zero-order valence-corrected chi connectivity index (χ0v) is 13.7. The van der Waals surface area contributed by atoms with Crippen molar-refractivity contribution in [3.8, 4) is 0 Å². The molecule has 5 nitrogen and oxygen atoms in total. The topological polar surface area (TPSA) is 68.3 Å². The van der Waals surface area contributed by atoms with Crippen LogP contribution in [0.3, 0.4) is 0 Å². The molecular weight excluding hydrogens is 368 g/mol. The highest BCUT2D eigenvalue weighted by atomic mass is 79.9. The summed E-state index contributed by atoms with van der Waals surface area (Å²) >= 11 is 9.10. The molecule has 2 atom stereocenters. The van der Waals surface area contributed by atoms with Gasteiger partial charge in [0.05, 0.1) is 12.1 Å². The molecule has 20 heavy (non-hydrogen) atoms. The van der Waals surface area contributed by atoms with Crippen molar-refractivity contribution in [3.05, 3.63) is 21.9 Å². The number of nitrogens with zero attached hydrogens (tertiary/aromatic N) is 1. The van der Waals surface area contributed by atoms with Crippen LogP contribution >= 0.6 is 27.5 Å². The van der Waals surface area contributed by atoms with E-state index in [1.54, 1.807) is 0 Å². The molecule has 1 aromatic rings. The fraction of sp³-hybridized carbons (Fsp3) is 0.583. The third kappa shape index (κ3) is 3.01. The maximum Gasteiger partial charge on any atom is 0.244 e. The summed E-state index contributed by atoms with van der Waals surface area (Å²) in [6, 6.07) is 1.28. The minimum Gasteiger partial charge on any atom is -0.376 e. The van der Waals surface area contributed by atoms with Crippen LogP contribution < -0.4 is 4.72 Å². The van der Waals surface area contributed by atoms with E-state index >= 15 is 0 Å². The third-order valence-corrected chi connectivity index (χ3v) is 5.94. The van der Waals surface area contributed by atoms with Crippen molar-refractivity contribution in [1.82, 2.24) is 9.71 Å². The lowest BCUT2D eigenvalue weighted by Gasteiger charge is -2.19. The number of hydrogen-bond donors (Lipinski definition) is 1. The molecule has 0 amide bonds. The molecule has 0 radical (unpaired) electrons. The molecule has 2 aliphatic rings. The Morgan fingerprint density at radius 2 is 2.15 bits per heavy atom. The van der Waals surface area contributed by atoms with Gasteiger partial charge in [-0.25, -0.2) is 18.1 Å².